The molecule has 1 atom stereocenters. The summed E-state index contributed by atoms with van der Waals surface area (Å²) in [6, 6.07) is 0. The zero-order chi connectivity index (χ0) is 6.57. The lowest BCUT2D eigenvalue weighted by molar-refractivity contribution is -0.122. The van der Waals surface area contributed by atoms with Gasteiger partial charge in [0.05, 0.1) is 0 Å². The van der Waals surface area contributed by atoms with E-state index in [2.05, 4.69) is 6.58 Å². The standard InChI is InChI=1S/C6H10O2/c1-3-5(7)6(8)4-2/h3,6,8H,1,4H2,2H3. The maximum Gasteiger partial charge on any atom is 0.183 e. The molecule has 1 unspecified atom stereocenters. The summed E-state index contributed by atoms with van der Waals surface area (Å²) >= 11 is 0. The van der Waals surface area contributed by atoms with Gasteiger partial charge in [0.25, 0.3) is 0 Å². The van der Waals surface area contributed by atoms with E-state index in [0.29, 0.717) is 6.42 Å². The average Bonchev–Trinajstić information content (AvgIpc) is 1.84. The number of ketones is 1. The fourth-order valence-corrected chi connectivity index (χ4v) is 0.337. The van der Waals surface area contributed by atoms with Crippen molar-refractivity contribution in [2.24, 2.45) is 0 Å². The van der Waals surface area contributed by atoms with Crippen LogP contribution in [0.2, 0.25) is 0 Å². The van der Waals surface area contributed by atoms with E-state index < -0.39 is 6.10 Å². The molecule has 0 bridgehead atoms. The second kappa shape index (κ2) is 3.38. The number of rotatable bonds is 3. The van der Waals surface area contributed by atoms with Crippen molar-refractivity contribution in [3.63, 3.8) is 0 Å². The highest BCUT2D eigenvalue weighted by Gasteiger charge is 2.05. The van der Waals surface area contributed by atoms with Crippen LogP contribution in [0.3, 0.4) is 0 Å². The SMILES string of the molecule is C=CC(=O)C(O)CC. The van der Waals surface area contributed by atoms with Crippen molar-refractivity contribution < 1.29 is 9.90 Å². The van der Waals surface area contributed by atoms with Gasteiger partial charge in [-0.05, 0) is 12.5 Å². The second-order valence-corrected chi connectivity index (χ2v) is 1.53. The van der Waals surface area contributed by atoms with Crippen LogP contribution in [0, 0.1) is 0 Å². The van der Waals surface area contributed by atoms with E-state index in [0.717, 1.165) is 6.08 Å². The lowest BCUT2D eigenvalue weighted by atomic mass is 10.2. The van der Waals surface area contributed by atoms with Crippen LogP contribution in [0.25, 0.3) is 0 Å². The van der Waals surface area contributed by atoms with E-state index in [1.807, 2.05) is 0 Å². The predicted octanol–water partition coefficient (Wildman–Crippen LogP) is 0.512. The minimum atomic E-state index is -0.840. The van der Waals surface area contributed by atoms with Gasteiger partial charge >= 0.3 is 0 Å². The Bertz CT molecular complexity index is 96.7. The Kier molecular flexibility index (Phi) is 3.12. The zero-order valence-electron chi connectivity index (χ0n) is 4.92. The highest BCUT2D eigenvalue weighted by molar-refractivity contribution is 5.92. The van der Waals surface area contributed by atoms with E-state index in [-0.39, 0.29) is 5.78 Å². The molecule has 0 aromatic rings. The van der Waals surface area contributed by atoms with Gasteiger partial charge in [0.15, 0.2) is 5.78 Å². The monoisotopic (exact) mass is 114 g/mol. The Labute approximate surface area is 48.8 Å². The molecule has 0 aliphatic carbocycles. The van der Waals surface area contributed by atoms with E-state index in [1.54, 1.807) is 6.92 Å². The number of carbonyl (C=O) groups excluding carboxylic acids is 1. The van der Waals surface area contributed by atoms with Crippen LogP contribution in [0.5, 0.6) is 0 Å². The molecule has 0 fully saturated rings. The Morgan fingerprint density at radius 1 is 2.00 bits per heavy atom. The number of aliphatic hydroxyl groups excluding tert-OH is 1. The first-order valence-electron chi connectivity index (χ1n) is 2.56. The molecule has 8 heavy (non-hydrogen) atoms. The van der Waals surface area contributed by atoms with Crippen molar-refractivity contribution >= 4 is 5.78 Å². The third-order valence-corrected chi connectivity index (χ3v) is 0.916. The van der Waals surface area contributed by atoms with Gasteiger partial charge in [0, 0.05) is 0 Å². The lowest BCUT2D eigenvalue weighted by Gasteiger charge is -1.98. The normalized spacial score (nSPS) is 12.8. The Morgan fingerprint density at radius 3 is 2.62 bits per heavy atom. The second-order valence-electron chi connectivity index (χ2n) is 1.53. The van der Waals surface area contributed by atoms with Gasteiger partial charge in [-0.2, -0.15) is 0 Å². The third kappa shape index (κ3) is 1.89. The first kappa shape index (κ1) is 7.37. The Morgan fingerprint density at radius 2 is 2.50 bits per heavy atom. The molecule has 0 radical (unpaired) electrons. The van der Waals surface area contributed by atoms with Gasteiger partial charge in [-0.3, -0.25) is 4.79 Å². The minimum Gasteiger partial charge on any atom is -0.385 e. The van der Waals surface area contributed by atoms with Crippen molar-refractivity contribution in [1.29, 1.82) is 0 Å². The molecular formula is C6H10O2. The summed E-state index contributed by atoms with van der Waals surface area (Å²) in [5.74, 6) is -0.299. The number of hydrogen-bond donors (Lipinski definition) is 1. The van der Waals surface area contributed by atoms with Gasteiger partial charge in [-0.25, -0.2) is 0 Å². The maximum absolute atomic E-state index is 10.4. The van der Waals surface area contributed by atoms with Gasteiger partial charge < -0.3 is 5.11 Å². The number of aliphatic hydroxyl groups is 1. The van der Waals surface area contributed by atoms with E-state index >= 15 is 0 Å². The molecule has 0 rings (SSSR count). The lowest BCUT2D eigenvalue weighted by Crippen LogP contribution is -2.15. The summed E-state index contributed by atoms with van der Waals surface area (Å²) in [6.45, 7) is 4.96. The highest BCUT2D eigenvalue weighted by atomic mass is 16.3. The molecule has 0 saturated carbocycles. The first-order chi connectivity index (χ1) is 3.72. The summed E-state index contributed by atoms with van der Waals surface area (Å²) < 4.78 is 0. The molecule has 2 nitrogen and oxygen atoms in total. The Hall–Kier alpha value is -0.630. The molecule has 0 aromatic heterocycles. The first-order valence-corrected chi connectivity index (χ1v) is 2.56. The minimum absolute atomic E-state index is 0.299. The molecular weight excluding hydrogens is 104 g/mol. The van der Waals surface area contributed by atoms with Crippen LogP contribution >= 0.6 is 0 Å². The molecule has 0 amide bonds. The summed E-state index contributed by atoms with van der Waals surface area (Å²) in [5.41, 5.74) is 0. The van der Waals surface area contributed by atoms with E-state index in [4.69, 9.17) is 5.11 Å². The summed E-state index contributed by atoms with van der Waals surface area (Å²) in [7, 11) is 0. The van der Waals surface area contributed by atoms with Crippen LogP contribution in [0.15, 0.2) is 12.7 Å². The predicted molar refractivity (Wildman–Crippen MR) is 31.5 cm³/mol. The Balaban J connectivity index is 3.62. The number of hydrogen-bond acceptors (Lipinski definition) is 2. The van der Waals surface area contributed by atoms with Crippen LogP contribution in [-0.2, 0) is 4.79 Å². The fourth-order valence-electron chi connectivity index (χ4n) is 0.337. The van der Waals surface area contributed by atoms with Crippen LogP contribution in [-0.4, -0.2) is 17.0 Å². The molecule has 46 valence electrons. The molecule has 0 saturated heterocycles. The summed E-state index contributed by atoms with van der Waals surface area (Å²) in [5, 5.41) is 8.71. The zero-order valence-corrected chi connectivity index (χ0v) is 4.92. The van der Waals surface area contributed by atoms with Crippen LogP contribution in [0.1, 0.15) is 13.3 Å². The molecule has 2 heteroatoms. The molecule has 1 N–H and O–H groups in total. The number of carbonyl (C=O) groups is 1. The molecule has 0 aliphatic heterocycles. The fraction of sp³-hybridized carbons (Fsp3) is 0.500. The average molecular weight is 114 g/mol. The highest BCUT2D eigenvalue weighted by Crippen LogP contribution is 1.90. The van der Waals surface area contributed by atoms with Crippen LogP contribution in [0.4, 0.5) is 0 Å². The van der Waals surface area contributed by atoms with Gasteiger partial charge in [-0.15, -0.1) is 0 Å². The summed E-state index contributed by atoms with van der Waals surface area (Å²) in [6.07, 6.45) is 0.756. The molecule has 0 spiro atoms. The quantitative estimate of drug-likeness (QED) is 0.543. The maximum atomic E-state index is 10.4. The molecule has 0 aromatic carbocycles. The van der Waals surface area contributed by atoms with E-state index in [9.17, 15) is 4.79 Å². The smallest absolute Gasteiger partial charge is 0.183 e. The summed E-state index contributed by atoms with van der Waals surface area (Å²) in [4.78, 5) is 10.4. The largest absolute Gasteiger partial charge is 0.385 e. The van der Waals surface area contributed by atoms with Crippen LogP contribution < -0.4 is 0 Å². The van der Waals surface area contributed by atoms with E-state index in [1.165, 1.54) is 0 Å². The third-order valence-electron chi connectivity index (χ3n) is 0.916. The van der Waals surface area contributed by atoms with Crippen molar-refractivity contribution in [3.05, 3.63) is 12.7 Å². The molecule has 0 heterocycles. The van der Waals surface area contributed by atoms with Crippen molar-refractivity contribution in [3.8, 4) is 0 Å². The molecule has 0 aliphatic rings. The van der Waals surface area contributed by atoms with Gasteiger partial charge in [0.2, 0.25) is 0 Å². The van der Waals surface area contributed by atoms with Crippen molar-refractivity contribution in [2.75, 3.05) is 0 Å². The van der Waals surface area contributed by atoms with Crippen molar-refractivity contribution in [2.45, 2.75) is 19.4 Å². The van der Waals surface area contributed by atoms with Gasteiger partial charge in [0.1, 0.15) is 6.10 Å². The topological polar surface area (TPSA) is 37.3 Å². The van der Waals surface area contributed by atoms with Crippen molar-refractivity contribution in [1.82, 2.24) is 0 Å². The van der Waals surface area contributed by atoms with Gasteiger partial charge in [-0.1, -0.05) is 13.5 Å².